The molecule has 4 heterocycles. The number of thioether (sulfide) groups is 1. The van der Waals surface area contributed by atoms with Crippen LogP contribution in [0.3, 0.4) is 0 Å². The summed E-state index contributed by atoms with van der Waals surface area (Å²) in [6.45, 7) is 7.82. The molecule has 3 atom stereocenters. The molecule has 2 aliphatic heterocycles. The number of aromatic nitrogens is 2. The number of aliphatic imine (C=N–C) groups is 1. The highest BCUT2D eigenvalue weighted by Gasteiger charge is 2.44. The van der Waals surface area contributed by atoms with Gasteiger partial charge in [0.05, 0.1) is 11.7 Å². The maximum absolute atomic E-state index is 5.12. The monoisotopic (exact) mass is 376 g/mol. The smallest absolute Gasteiger partial charge is 0.160 e. The number of fused-ring (bicyclic) bond motifs is 2. The molecule has 0 saturated carbocycles. The number of rotatable bonds is 3. The third kappa shape index (κ3) is 2.67. The Morgan fingerprint density at radius 2 is 1.93 bits per heavy atom. The van der Waals surface area contributed by atoms with Gasteiger partial charge in [0.1, 0.15) is 6.04 Å². The highest BCUT2D eigenvalue weighted by molar-refractivity contribution is 8.14. The van der Waals surface area contributed by atoms with E-state index >= 15 is 0 Å². The van der Waals surface area contributed by atoms with Crippen molar-refractivity contribution in [2.75, 3.05) is 6.54 Å². The fourth-order valence-corrected chi connectivity index (χ4v) is 5.44. The molecule has 0 aliphatic carbocycles. The van der Waals surface area contributed by atoms with Crippen molar-refractivity contribution in [1.82, 2.24) is 14.5 Å². The molecule has 1 fully saturated rings. The molecule has 4 nitrogen and oxygen atoms in total. The number of nitrogens with zero attached hydrogens (tertiary/aromatic N) is 4. The number of hydrogen-bond donors (Lipinski definition) is 0. The van der Waals surface area contributed by atoms with Gasteiger partial charge in [0.2, 0.25) is 0 Å². The first-order chi connectivity index (χ1) is 13.1. The van der Waals surface area contributed by atoms with Crippen molar-refractivity contribution in [2.24, 2.45) is 4.99 Å². The summed E-state index contributed by atoms with van der Waals surface area (Å²) in [4.78, 5) is 12.3. The summed E-state index contributed by atoms with van der Waals surface area (Å²) < 4.78 is 2.39. The van der Waals surface area contributed by atoms with Gasteiger partial charge in [-0.15, -0.1) is 0 Å². The van der Waals surface area contributed by atoms with Gasteiger partial charge in [0.15, 0.2) is 5.17 Å². The van der Waals surface area contributed by atoms with Gasteiger partial charge in [-0.3, -0.25) is 9.98 Å². The molecule has 2 aromatic heterocycles. The number of benzene rings is 1. The molecule has 0 radical (unpaired) electrons. The van der Waals surface area contributed by atoms with Crippen molar-refractivity contribution in [2.45, 2.75) is 44.1 Å². The summed E-state index contributed by atoms with van der Waals surface area (Å²) in [7, 11) is 0. The first-order valence-electron chi connectivity index (χ1n) is 9.65. The first-order valence-corrected chi connectivity index (χ1v) is 10.5. The van der Waals surface area contributed by atoms with Crippen LogP contribution in [-0.4, -0.2) is 31.4 Å². The predicted molar refractivity (Wildman–Crippen MR) is 113 cm³/mol. The Bertz CT molecular complexity index is 1010. The normalized spacial score (nSPS) is 24.7. The standard InChI is InChI=1S/C22H24N4S/c1-14(2)25-13-17(16-8-4-5-10-19(16)25)21-20(18-9-6-7-11-23-18)24-22-26(21)12-15(3)27-22/h4-11,13-15,20-21H,12H2,1-3H3. The van der Waals surface area contributed by atoms with E-state index in [0.717, 1.165) is 12.2 Å². The Hall–Kier alpha value is -2.27. The molecule has 0 spiro atoms. The summed E-state index contributed by atoms with van der Waals surface area (Å²) in [5.41, 5.74) is 3.72. The van der Waals surface area contributed by atoms with E-state index in [0.29, 0.717) is 11.3 Å². The van der Waals surface area contributed by atoms with Crippen molar-refractivity contribution in [3.63, 3.8) is 0 Å². The SMILES string of the molecule is CC1CN2C(=NC(c3ccccn3)C2c2cn(C(C)C)c3ccccc23)S1. The van der Waals surface area contributed by atoms with E-state index in [1.54, 1.807) is 0 Å². The molecule has 5 heteroatoms. The van der Waals surface area contributed by atoms with Gasteiger partial charge in [-0.1, -0.05) is 43.0 Å². The second-order valence-corrected chi connectivity index (χ2v) is 9.14. The molecule has 138 valence electrons. The lowest BCUT2D eigenvalue weighted by Gasteiger charge is -2.27. The van der Waals surface area contributed by atoms with Crippen molar-refractivity contribution in [3.8, 4) is 0 Å². The van der Waals surface area contributed by atoms with Crippen molar-refractivity contribution in [3.05, 3.63) is 66.1 Å². The van der Waals surface area contributed by atoms with E-state index in [1.165, 1.54) is 21.6 Å². The molecule has 3 unspecified atom stereocenters. The zero-order valence-electron chi connectivity index (χ0n) is 15.9. The van der Waals surface area contributed by atoms with Gasteiger partial charge >= 0.3 is 0 Å². The Morgan fingerprint density at radius 3 is 2.70 bits per heavy atom. The molecule has 0 amide bonds. The van der Waals surface area contributed by atoms with Crippen LogP contribution in [0.15, 0.2) is 59.9 Å². The highest BCUT2D eigenvalue weighted by Crippen LogP contribution is 2.49. The van der Waals surface area contributed by atoms with Gasteiger partial charge in [0, 0.05) is 46.7 Å². The van der Waals surface area contributed by atoms with Crippen molar-refractivity contribution in [1.29, 1.82) is 0 Å². The lowest BCUT2D eigenvalue weighted by molar-refractivity contribution is 0.322. The number of amidine groups is 1. The maximum Gasteiger partial charge on any atom is 0.160 e. The van der Waals surface area contributed by atoms with E-state index in [4.69, 9.17) is 4.99 Å². The van der Waals surface area contributed by atoms with E-state index in [-0.39, 0.29) is 12.1 Å². The summed E-state index contributed by atoms with van der Waals surface area (Å²) in [5, 5.41) is 3.08. The Kier molecular flexibility index (Phi) is 4.01. The summed E-state index contributed by atoms with van der Waals surface area (Å²) >= 11 is 1.89. The van der Waals surface area contributed by atoms with Gasteiger partial charge in [-0.2, -0.15) is 0 Å². The molecular formula is C22H24N4S. The minimum Gasteiger partial charge on any atom is -0.345 e. The number of pyridine rings is 1. The fourth-order valence-electron chi connectivity index (χ4n) is 4.35. The summed E-state index contributed by atoms with van der Waals surface area (Å²) in [6.07, 6.45) is 4.23. The third-order valence-corrected chi connectivity index (χ3v) is 6.63. The van der Waals surface area contributed by atoms with Gasteiger partial charge < -0.3 is 9.47 Å². The van der Waals surface area contributed by atoms with Crippen LogP contribution in [0.25, 0.3) is 10.9 Å². The highest BCUT2D eigenvalue weighted by atomic mass is 32.2. The van der Waals surface area contributed by atoms with Crippen LogP contribution >= 0.6 is 11.8 Å². The molecule has 1 saturated heterocycles. The van der Waals surface area contributed by atoms with Crippen LogP contribution < -0.4 is 0 Å². The van der Waals surface area contributed by atoms with Crippen molar-refractivity contribution >= 4 is 27.8 Å². The molecule has 5 rings (SSSR count). The summed E-state index contributed by atoms with van der Waals surface area (Å²) in [5.74, 6) is 0. The quantitative estimate of drug-likeness (QED) is 0.629. The van der Waals surface area contributed by atoms with E-state index in [1.807, 2.05) is 24.0 Å². The second-order valence-electron chi connectivity index (χ2n) is 7.74. The van der Waals surface area contributed by atoms with E-state index in [9.17, 15) is 0 Å². The van der Waals surface area contributed by atoms with Crippen LogP contribution in [0.2, 0.25) is 0 Å². The van der Waals surface area contributed by atoms with E-state index < -0.39 is 0 Å². The first kappa shape index (κ1) is 16.9. The Labute approximate surface area is 164 Å². The average Bonchev–Trinajstić information content (AvgIpc) is 3.32. The number of hydrogen-bond acceptors (Lipinski definition) is 4. The molecule has 3 aromatic rings. The van der Waals surface area contributed by atoms with Crippen LogP contribution in [0.1, 0.15) is 50.2 Å². The van der Waals surface area contributed by atoms with Crippen LogP contribution in [0.4, 0.5) is 0 Å². The zero-order valence-corrected chi connectivity index (χ0v) is 16.7. The zero-order chi connectivity index (χ0) is 18.5. The molecule has 2 aliphatic rings. The molecular weight excluding hydrogens is 352 g/mol. The van der Waals surface area contributed by atoms with E-state index in [2.05, 4.69) is 77.8 Å². The maximum atomic E-state index is 5.12. The van der Waals surface area contributed by atoms with Crippen LogP contribution in [0.5, 0.6) is 0 Å². The average molecular weight is 377 g/mol. The van der Waals surface area contributed by atoms with Gasteiger partial charge in [-0.25, -0.2) is 0 Å². The Balaban J connectivity index is 1.69. The predicted octanol–water partition coefficient (Wildman–Crippen LogP) is 5.21. The molecule has 0 N–H and O–H groups in total. The minimum absolute atomic E-state index is 0.0487. The lowest BCUT2D eigenvalue weighted by Crippen LogP contribution is -2.28. The second kappa shape index (κ2) is 6.41. The van der Waals surface area contributed by atoms with Crippen LogP contribution in [-0.2, 0) is 0 Å². The van der Waals surface area contributed by atoms with Gasteiger partial charge in [-0.05, 0) is 32.0 Å². The summed E-state index contributed by atoms with van der Waals surface area (Å²) in [6, 6.07) is 15.6. The number of para-hydroxylation sites is 1. The molecule has 27 heavy (non-hydrogen) atoms. The van der Waals surface area contributed by atoms with Gasteiger partial charge in [0.25, 0.3) is 0 Å². The fraction of sp³-hybridized carbons (Fsp3) is 0.364. The van der Waals surface area contributed by atoms with Crippen molar-refractivity contribution < 1.29 is 0 Å². The topological polar surface area (TPSA) is 33.4 Å². The Morgan fingerprint density at radius 1 is 1.11 bits per heavy atom. The third-order valence-electron chi connectivity index (χ3n) is 5.53. The molecule has 1 aromatic carbocycles. The molecule has 0 bridgehead atoms. The lowest BCUT2D eigenvalue weighted by atomic mass is 9.96. The largest absolute Gasteiger partial charge is 0.345 e. The van der Waals surface area contributed by atoms with Crippen LogP contribution in [0, 0.1) is 0 Å². The minimum atomic E-state index is 0.0487.